The Morgan fingerprint density at radius 1 is 1.53 bits per heavy atom. The summed E-state index contributed by atoms with van der Waals surface area (Å²) in [7, 11) is 0. The molecule has 1 aromatic rings. The molecule has 0 saturated heterocycles. The molecule has 2 rings (SSSR count). The van der Waals surface area contributed by atoms with Crippen molar-refractivity contribution in [1.29, 1.82) is 0 Å². The Balaban J connectivity index is 2.05. The minimum atomic E-state index is -0.808. The summed E-state index contributed by atoms with van der Waals surface area (Å²) in [5, 5.41) is 23.5. The van der Waals surface area contributed by atoms with Crippen molar-refractivity contribution < 1.29 is 19.7 Å². The lowest BCUT2D eigenvalue weighted by molar-refractivity contribution is -0.118. The van der Waals surface area contributed by atoms with Gasteiger partial charge in [-0.05, 0) is 18.2 Å². The van der Waals surface area contributed by atoms with Crippen LogP contribution in [0.2, 0.25) is 0 Å². The summed E-state index contributed by atoms with van der Waals surface area (Å²) in [4.78, 5) is 11.1. The van der Waals surface area contributed by atoms with Gasteiger partial charge < -0.3 is 25.6 Å². The van der Waals surface area contributed by atoms with Crippen molar-refractivity contribution in [1.82, 2.24) is 0 Å². The molecule has 6 nitrogen and oxygen atoms in total. The van der Waals surface area contributed by atoms with Gasteiger partial charge in [0.05, 0.1) is 18.4 Å². The topological polar surface area (TPSA) is 90.8 Å². The third-order valence-corrected chi connectivity index (χ3v) is 2.36. The van der Waals surface area contributed by atoms with Crippen molar-refractivity contribution in [2.24, 2.45) is 0 Å². The normalized spacial score (nSPS) is 15.5. The minimum Gasteiger partial charge on any atom is -0.482 e. The Morgan fingerprint density at radius 2 is 2.35 bits per heavy atom. The monoisotopic (exact) mass is 238 g/mol. The Kier molecular flexibility index (Phi) is 3.46. The smallest absolute Gasteiger partial charge is 0.262 e. The highest BCUT2D eigenvalue weighted by Crippen LogP contribution is 2.30. The number of benzene rings is 1. The number of nitrogens with one attached hydrogen (secondary N) is 2. The van der Waals surface area contributed by atoms with Crippen LogP contribution in [-0.2, 0) is 4.79 Å². The molecule has 6 heteroatoms. The maximum Gasteiger partial charge on any atom is 0.262 e. The summed E-state index contributed by atoms with van der Waals surface area (Å²) >= 11 is 0. The lowest BCUT2D eigenvalue weighted by atomic mass is 10.2. The molecule has 1 aliphatic rings. The summed E-state index contributed by atoms with van der Waals surface area (Å²) in [5.74, 6) is 0.433. The molecule has 0 bridgehead atoms. The number of ether oxygens (including phenoxy) is 1. The Morgan fingerprint density at radius 3 is 3.12 bits per heavy atom. The van der Waals surface area contributed by atoms with E-state index in [2.05, 4.69) is 10.6 Å². The highest BCUT2D eigenvalue weighted by atomic mass is 16.5. The molecule has 1 atom stereocenters. The van der Waals surface area contributed by atoms with Gasteiger partial charge in [-0.15, -0.1) is 0 Å². The van der Waals surface area contributed by atoms with Crippen molar-refractivity contribution in [3.8, 4) is 5.75 Å². The molecule has 1 amide bonds. The second-order valence-electron chi connectivity index (χ2n) is 3.77. The van der Waals surface area contributed by atoms with Crippen LogP contribution in [0.3, 0.4) is 0 Å². The largest absolute Gasteiger partial charge is 0.482 e. The molecule has 1 aromatic carbocycles. The maximum absolute atomic E-state index is 11.1. The zero-order chi connectivity index (χ0) is 12.3. The number of carbonyl (C=O) groups excluding carboxylic acids is 1. The third kappa shape index (κ3) is 2.86. The van der Waals surface area contributed by atoms with E-state index in [9.17, 15) is 9.90 Å². The predicted molar refractivity (Wildman–Crippen MR) is 62.1 cm³/mol. The summed E-state index contributed by atoms with van der Waals surface area (Å²) in [6.07, 6.45) is -0.808. The Hall–Kier alpha value is -1.79. The fourth-order valence-corrected chi connectivity index (χ4v) is 1.49. The van der Waals surface area contributed by atoms with Gasteiger partial charge in [0.25, 0.3) is 5.91 Å². The second-order valence-corrected chi connectivity index (χ2v) is 3.77. The first-order valence-electron chi connectivity index (χ1n) is 5.28. The number of aliphatic hydroxyl groups is 2. The zero-order valence-electron chi connectivity index (χ0n) is 9.14. The molecule has 0 spiro atoms. The first-order valence-corrected chi connectivity index (χ1v) is 5.28. The number of hydrogen-bond acceptors (Lipinski definition) is 5. The first kappa shape index (κ1) is 11.7. The van der Waals surface area contributed by atoms with Gasteiger partial charge in [-0.3, -0.25) is 4.79 Å². The van der Waals surface area contributed by atoms with E-state index in [1.54, 1.807) is 18.2 Å². The van der Waals surface area contributed by atoms with Crippen molar-refractivity contribution in [2.75, 3.05) is 30.4 Å². The molecule has 1 aliphatic heterocycles. The third-order valence-electron chi connectivity index (χ3n) is 2.36. The molecule has 1 unspecified atom stereocenters. The van der Waals surface area contributed by atoms with E-state index >= 15 is 0 Å². The summed E-state index contributed by atoms with van der Waals surface area (Å²) in [5.41, 5.74) is 1.34. The van der Waals surface area contributed by atoms with Gasteiger partial charge in [-0.2, -0.15) is 0 Å². The predicted octanol–water partition coefficient (Wildman–Crippen LogP) is -0.217. The quantitative estimate of drug-likeness (QED) is 0.582. The second kappa shape index (κ2) is 5.03. The number of rotatable bonds is 4. The number of aliphatic hydroxyl groups excluding tert-OH is 2. The molecular formula is C11H14N2O4. The minimum absolute atomic E-state index is 0.0308. The molecule has 0 aliphatic carbocycles. The summed E-state index contributed by atoms with van der Waals surface area (Å²) in [6, 6.07) is 5.24. The van der Waals surface area contributed by atoms with E-state index in [0.29, 0.717) is 11.4 Å². The van der Waals surface area contributed by atoms with E-state index in [-0.39, 0.29) is 25.7 Å². The van der Waals surface area contributed by atoms with Crippen molar-refractivity contribution in [3.05, 3.63) is 18.2 Å². The number of fused-ring (bicyclic) bond motifs is 1. The average Bonchev–Trinajstić information content (AvgIpc) is 2.35. The molecular weight excluding hydrogens is 224 g/mol. The molecule has 17 heavy (non-hydrogen) atoms. The standard InChI is InChI=1S/C11H14N2O4/c14-5-8(15)4-12-7-1-2-10-9(3-7)13-11(16)6-17-10/h1-3,8,12,14-15H,4-6H2,(H,13,16). The van der Waals surface area contributed by atoms with Crippen LogP contribution in [0.1, 0.15) is 0 Å². The molecule has 1 heterocycles. The number of hydrogen-bond donors (Lipinski definition) is 4. The molecule has 0 fully saturated rings. The van der Waals surface area contributed by atoms with Crippen molar-refractivity contribution in [3.63, 3.8) is 0 Å². The fourth-order valence-electron chi connectivity index (χ4n) is 1.49. The van der Waals surface area contributed by atoms with Crippen LogP contribution < -0.4 is 15.4 Å². The Labute approximate surface area is 98.2 Å². The Bertz CT molecular complexity index is 422. The highest BCUT2D eigenvalue weighted by molar-refractivity contribution is 5.95. The lowest BCUT2D eigenvalue weighted by Gasteiger charge is -2.19. The van der Waals surface area contributed by atoms with Crippen molar-refractivity contribution >= 4 is 17.3 Å². The fraction of sp³-hybridized carbons (Fsp3) is 0.364. The maximum atomic E-state index is 11.1. The zero-order valence-corrected chi connectivity index (χ0v) is 9.14. The summed E-state index contributed by atoms with van der Waals surface area (Å²) < 4.78 is 5.21. The van der Waals surface area contributed by atoms with Crippen LogP contribution in [0.25, 0.3) is 0 Å². The average molecular weight is 238 g/mol. The number of anilines is 2. The van der Waals surface area contributed by atoms with E-state index in [1.165, 1.54) is 0 Å². The van der Waals surface area contributed by atoms with Crippen LogP contribution in [0, 0.1) is 0 Å². The van der Waals surface area contributed by atoms with Gasteiger partial charge in [0, 0.05) is 12.2 Å². The van der Waals surface area contributed by atoms with Crippen LogP contribution >= 0.6 is 0 Å². The van der Waals surface area contributed by atoms with Crippen LogP contribution in [0.15, 0.2) is 18.2 Å². The molecule has 0 saturated carbocycles. The molecule has 4 N–H and O–H groups in total. The molecule has 92 valence electrons. The first-order chi connectivity index (χ1) is 8.19. The van der Waals surface area contributed by atoms with E-state index in [1.807, 2.05) is 0 Å². The molecule has 0 radical (unpaired) electrons. The van der Waals surface area contributed by atoms with Crippen LogP contribution in [0.5, 0.6) is 5.75 Å². The van der Waals surface area contributed by atoms with Gasteiger partial charge in [0.15, 0.2) is 6.61 Å². The highest BCUT2D eigenvalue weighted by Gasteiger charge is 2.15. The van der Waals surface area contributed by atoms with E-state index < -0.39 is 6.10 Å². The van der Waals surface area contributed by atoms with Gasteiger partial charge in [0.2, 0.25) is 0 Å². The van der Waals surface area contributed by atoms with Gasteiger partial charge in [-0.1, -0.05) is 0 Å². The van der Waals surface area contributed by atoms with E-state index in [4.69, 9.17) is 9.84 Å². The van der Waals surface area contributed by atoms with Gasteiger partial charge in [-0.25, -0.2) is 0 Å². The SMILES string of the molecule is O=C1COc2ccc(NCC(O)CO)cc2N1. The van der Waals surface area contributed by atoms with Gasteiger partial charge in [0.1, 0.15) is 5.75 Å². The number of carbonyl (C=O) groups is 1. The van der Waals surface area contributed by atoms with Gasteiger partial charge >= 0.3 is 0 Å². The summed E-state index contributed by atoms with van der Waals surface area (Å²) in [6.45, 7) is -0.0229. The van der Waals surface area contributed by atoms with Crippen LogP contribution in [-0.4, -0.2) is 42.0 Å². The van der Waals surface area contributed by atoms with Crippen LogP contribution in [0.4, 0.5) is 11.4 Å². The van der Waals surface area contributed by atoms with Crippen molar-refractivity contribution in [2.45, 2.75) is 6.10 Å². The number of amides is 1. The van der Waals surface area contributed by atoms with E-state index in [0.717, 1.165) is 5.69 Å². The lowest BCUT2D eigenvalue weighted by Crippen LogP contribution is -2.26. The molecule has 0 aromatic heterocycles.